The monoisotopic (exact) mass is 304 g/mol. The van der Waals surface area contributed by atoms with Crippen LogP contribution in [-0.4, -0.2) is 15.8 Å². The molecule has 2 N–H and O–H groups in total. The second-order valence-electron chi connectivity index (χ2n) is 5.67. The molecule has 0 aliphatic carbocycles. The van der Waals surface area contributed by atoms with Crippen LogP contribution in [0.15, 0.2) is 27.9 Å². The number of aromatic amines is 2. The average Bonchev–Trinajstić information content (AvgIpc) is 2.71. The van der Waals surface area contributed by atoms with E-state index in [0.717, 1.165) is 5.56 Å². The zero-order valence-electron chi connectivity index (χ0n) is 12.0. The molecule has 6 heteroatoms. The van der Waals surface area contributed by atoms with E-state index >= 15 is 0 Å². The third kappa shape index (κ3) is 3.88. The summed E-state index contributed by atoms with van der Waals surface area (Å²) in [5.74, 6) is -0.0457. The summed E-state index contributed by atoms with van der Waals surface area (Å²) in [5.41, 5.74) is -0.212. The number of rotatable bonds is 2. The quantitative estimate of drug-likeness (QED) is 0.840. The first-order valence-corrected chi connectivity index (χ1v) is 7.23. The minimum atomic E-state index is -0.482. The van der Waals surface area contributed by atoms with Gasteiger partial charge in [-0.2, -0.15) is 0 Å². The fraction of sp³-hybridized carbons (Fsp3) is 0.267. The van der Waals surface area contributed by atoms with Gasteiger partial charge in [0.1, 0.15) is 0 Å². The molecule has 0 atom stereocenters. The van der Waals surface area contributed by atoms with Crippen LogP contribution in [-0.2, 0) is 4.79 Å². The number of nitrogens with one attached hydrogen (secondary N) is 2. The van der Waals surface area contributed by atoms with E-state index in [0.29, 0.717) is 9.20 Å². The summed E-state index contributed by atoms with van der Waals surface area (Å²) in [4.78, 5) is 40.0. The molecule has 21 heavy (non-hydrogen) atoms. The summed E-state index contributed by atoms with van der Waals surface area (Å²) in [7, 11) is 0. The Kier molecular flexibility index (Phi) is 4.09. The maximum atomic E-state index is 11.9. The summed E-state index contributed by atoms with van der Waals surface area (Å²) in [6.45, 7) is 5.47. The molecular weight excluding hydrogens is 288 g/mol. The minimum Gasteiger partial charge on any atom is -0.329 e. The summed E-state index contributed by atoms with van der Waals surface area (Å²) in [5, 5.41) is 0. The predicted octanol–water partition coefficient (Wildman–Crippen LogP) is 0.349. The van der Waals surface area contributed by atoms with Gasteiger partial charge in [-0.05, 0) is 17.7 Å². The van der Waals surface area contributed by atoms with E-state index in [1.807, 2.05) is 20.8 Å². The summed E-state index contributed by atoms with van der Waals surface area (Å²) in [6.07, 6.45) is 4.65. The van der Waals surface area contributed by atoms with Crippen LogP contribution in [0.3, 0.4) is 0 Å². The summed E-state index contributed by atoms with van der Waals surface area (Å²) in [6, 6.07) is 3.02. The first-order valence-electron chi connectivity index (χ1n) is 6.41. The standard InChI is InChI=1S/C15H16N2O3S/c1-15(2,3)11(18)7-13-17-14(20)10(21-13)6-9-4-5-12(19)16-8-9/h4-8H,1-3H3,(H,16,19)(H,17,20)/b10-6-,13-7+. The van der Waals surface area contributed by atoms with Crippen molar-refractivity contribution in [3.8, 4) is 0 Å². The fourth-order valence-corrected chi connectivity index (χ4v) is 2.41. The number of pyridine rings is 1. The zero-order valence-corrected chi connectivity index (χ0v) is 12.8. The molecule has 0 aromatic carbocycles. The van der Waals surface area contributed by atoms with Crippen molar-refractivity contribution in [2.75, 3.05) is 0 Å². The van der Waals surface area contributed by atoms with Crippen LogP contribution in [0, 0.1) is 5.41 Å². The Morgan fingerprint density at radius 3 is 2.52 bits per heavy atom. The molecule has 2 aromatic heterocycles. The summed E-state index contributed by atoms with van der Waals surface area (Å²) < 4.78 is 1.01. The van der Waals surface area contributed by atoms with Crippen LogP contribution < -0.4 is 20.3 Å². The van der Waals surface area contributed by atoms with Crippen molar-refractivity contribution in [1.82, 2.24) is 9.97 Å². The third-order valence-electron chi connectivity index (χ3n) is 2.79. The number of ketones is 1. The molecule has 0 saturated heterocycles. The molecule has 2 rings (SSSR count). The maximum absolute atomic E-state index is 11.9. The highest BCUT2D eigenvalue weighted by Gasteiger charge is 2.18. The van der Waals surface area contributed by atoms with Gasteiger partial charge in [0.25, 0.3) is 5.56 Å². The molecule has 2 heterocycles. The minimum absolute atomic E-state index is 0.0457. The molecule has 0 unspecified atom stereocenters. The Bertz CT molecular complexity index is 874. The Hall–Kier alpha value is -2.21. The van der Waals surface area contributed by atoms with Crippen molar-refractivity contribution in [2.24, 2.45) is 5.41 Å². The highest BCUT2D eigenvalue weighted by atomic mass is 32.1. The van der Waals surface area contributed by atoms with Crippen LogP contribution in [0.2, 0.25) is 0 Å². The Morgan fingerprint density at radius 2 is 1.95 bits per heavy atom. The molecule has 0 amide bonds. The second-order valence-corrected chi connectivity index (χ2v) is 6.76. The molecule has 110 valence electrons. The number of aromatic nitrogens is 2. The average molecular weight is 304 g/mol. The van der Waals surface area contributed by atoms with Crippen molar-refractivity contribution in [3.63, 3.8) is 0 Å². The van der Waals surface area contributed by atoms with Crippen molar-refractivity contribution in [1.29, 1.82) is 0 Å². The largest absolute Gasteiger partial charge is 0.329 e. The van der Waals surface area contributed by atoms with Crippen LogP contribution in [0.1, 0.15) is 26.3 Å². The first kappa shape index (κ1) is 15.2. The first-order chi connectivity index (χ1) is 9.75. The second kappa shape index (κ2) is 5.65. The van der Waals surface area contributed by atoms with Gasteiger partial charge in [-0.25, -0.2) is 0 Å². The molecule has 0 aliphatic rings. The van der Waals surface area contributed by atoms with Gasteiger partial charge in [0.2, 0.25) is 5.56 Å². The number of H-pyrrole nitrogens is 2. The van der Waals surface area contributed by atoms with Gasteiger partial charge in [-0.3, -0.25) is 14.4 Å². The molecular formula is C15H16N2O3S. The van der Waals surface area contributed by atoms with Gasteiger partial charge in [0, 0.05) is 23.8 Å². The molecule has 0 spiro atoms. The highest BCUT2D eigenvalue weighted by Crippen LogP contribution is 2.14. The Morgan fingerprint density at radius 1 is 1.24 bits per heavy atom. The van der Waals surface area contributed by atoms with Gasteiger partial charge >= 0.3 is 0 Å². The van der Waals surface area contributed by atoms with Gasteiger partial charge in [-0.1, -0.05) is 20.8 Å². The predicted molar refractivity (Wildman–Crippen MR) is 83.7 cm³/mol. The number of hydrogen-bond donors (Lipinski definition) is 2. The summed E-state index contributed by atoms with van der Waals surface area (Å²) >= 11 is 1.21. The van der Waals surface area contributed by atoms with Crippen molar-refractivity contribution in [3.05, 3.63) is 53.8 Å². The van der Waals surface area contributed by atoms with Gasteiger partial charge in [0.05, 0.1) is 9.20 Å². The van der Waals surface area contributed by atoms with Crippen molar-refractivity contribution >= 4 is 29.3 Å². The van der Waals surface area contributed by atoms with E-state index in [-0.39, 0.29) is 16.9 Å². The van der Waals surface area contributed by atoms with Crippen LogP contribution in [0.4, 0.5) is 0 Å². The lowest BCUT2D eigenvalue weighted by atomic mass is 9.91. The van der Waals surface area contributed by atoms with E-state index in [2.05, 4.69) is 9.97 Å². The van der Waals surface area contributed by atoms with Gasteiger partial charge < -0.3 is 9.97 Å². The van der Waals surface area contributed by atoms with Crippen LogP contribution >= 0.6 is 11.3 Å². The Labute approximate surface area is 124 Å². The number of thiazole rings is 1. The molecule has 0 radical (unpaired) electrons. The van der Waals surface area contributed by atoms with Crippen LogP contribution in [0.25, 0.3) is 12.2 Å². The number of hydrogen-bond acceptors (Lipinski definition) is 4. The Balaban J connectivity index is 2.47. The smallest absolute Gasteiger partial charge is 0.266 e. The van der Waals surface area contributed by atoms with E-state index < -0.39 is 5.41 Å². The fourth-order valence-electron chi connectivity index (χ4n) is 1.52. The van der Waals surface area contributed by atoms with Crippen molar-refractivity contribution in [2.45, 2.75) is 20.8 Å². The molecule has 0 aliphatic heterocycles. The highest BCUT2D eigenvalue weighted by molar-refractivity contribution is 7.07. The lowest BCUT2D eigenvalue weighted by molar-refractivity contribution is -0.119. The number of carbonyl (C=O) groups is 1. The van der Waals surface area contributed by atoms with Gasteiger partial charge in [-0.15, -0.1) is 11.3 Å². The van der Waals surface area contributed by atoms with E-state index in [1.54, 1.807) is 12.1 Å². The van der Waals surface area contributed by atoms with Crippen molar-refractivity contribution < 1.29 is 4.79 Å². The molecule has 0 saturated carbocycles. The lowest BCUT2D eigenvalue weighted by Crippen LogP contribution is -2.22. The zero-order chi connectivity index (χ0) is 15.6. The molecule has 0 fully saturated rings. The number of carbonyl (C=O) groups excluding carboxylic acids is 1. The van der Waals surface area contributed by atoms with Gasteiger partial charge in [0.15, 0.2) is 5.78 Å². The van der Waals surface area contributed by atoms with Crippen LogP contribution in [0.5, 0.6) is 0 Å². The SMILES string of the molecule is CC(C)(C)C(=O)/C=c1\[nH]c(=O)/c(=C/c2ccc(=O)[nH]c2)s1. The topological polar surface area (TPSA) is 82.8 Å². The molecule has 5 nitrogen and oxygen atoms in total. The third-order valence-corrected chi connectivity index (χ3v) is 3.75. The normalized spacial score (nSPS) is 13.7. The van der Waals surface area contributed by atoms with E-state index in [9.17, 15) is 14.4 Å². The molecule has 2 aromatic rings. The lowest BCUT2D eigenvalue weighted by Gasteiger charge is -2.12. The number of Topliss-reactive ketones (excluding diaryl/α,β-unsaturated/α-hetero) is 1. The molecule has 0 bridgehead atoms. The maximum Gasteiger partial charge on any atom is 0.266 e. The van der Waals surface area contributed by atoms with E-state index in [1.165, 1.54) is 29.7 Å². The van der Waals surface area contributed by atoms with E-state index in [4.69, 9.17) is 0 Å².